The highest BCUT2D eigenvalue weighted by atomic mass is 16.6. The van der Waals surface area contributed by atoms with Crippen molar-refractivity contribution in [2.24, 2.45) is 22.7 Å². The van der Waals surface area contributed by atoms with Gasteiger partial charge in [0, 0.05) is 24.7 Å². The summed E-state index contributed by atoms with van der Waals surface area (Å²) in [5.74, 6) is -2.02. The molecular formula is C25H30O8. The number of allylic oxidation sites excluding steroid dienone is 2. The van der Waals surface area contributed by atoms with Crippen LogP contribution in [0, 0.1) is 22.7 Å². The molecule has 0 radical (unpaired) electrons. The first-order valence-corrected chi connectivity index (χ1v) is 11.6. The number of carbonyl (C=O) groups excluding carboxylic acids is 4. The minimum atomic E-state index is -1.99. The predicted molar refractivity (Wildman–Crippen MR) is 114 cm³/mol. The molecule has 8 heteroatoms. The fraction of sp³-hybridized carbons (Fsp3) is 0.680. The van der Waals surface area contributed by atoms with Crippen LogP contribution in [0.15, 0.2) is 23.8 Å². The monoisotopic (exact) mass is 458 g/mol. The highest BCUT2D eigenvalue weighted by Crippen LogP contribution is 2.76. The molecule has 178 valence electrons. The van der Waals surface area contributed by atoms with Gasteiger partial charge in [-0.3, -0.25) is 19.2 Å². The zero-order valence-corrected chi connectivity index (χ0v) is 19.4. The summed E-state index contributed by atoms with van der Waals surface area (Å²) in [7, 11) is 0. The summed E-state index contributed by atoms with van der Waals surface area (Å²) < 4.78 is 16.9. The molecule has 0 amide bonds. The molecule has 8 nitrogen and oxygen atoms in total. The minimum Gasteiger partial charge on any atom is -0.459 e. The summed E-state index contributed by atoms with van der Waals surface area (Å²) in [6, 6.07) is 0. The van der Waals surface area contributed by atoms with E-state index in [9.17, 15) is 24.3 Å². The summed E-state index contributed by atoms with van der Waals surface area (Å²) in [5.41, 5.74) is -2.80. The smallest absolute Gasteiger partial charge is 0.303 e. The average Bonchev–Trinajstić information content (AvgIpc) is 3.41. The van der Waals surface area contributed by atoms with Crippen molar-refractivity contribution < 1.29 is 38.5 Å². The molecule has 8 atom stereocenters. The van der Waals surface area contributed by atoms with Gasteiger partial charge in [0.15, 0.2) is 18.0 Å². The molecule has 1 heterocycles. The number of fused-ring (bicyclic) bond motifs is 3. The van der Waals surface area contributed by atoms with Crippen molar-refractivity contribution in [2.75, 3.05) is 6.61 Å². The first-order valence-electron chi connectivity index (χ1n) is 11.6. The lowest BCUT2D eigenvalue weighted by Crippen LogP contribution is -2.63. The molecule has 1 aliphatic heterocycles. The normalized spacial score (nSPS) is 46.8. The van der Waals surface area contributed by atoms with E-state index in [2.05, 4.69) is 6.92 Å². The summed E-state index contributed by atoms with van der Waals surface area (Å²) in [6.45, 7) is 5.84. The molecule has 4 fully saturated rings. The Morgan fingerprint density at radius 1 is 1.18 bits per heavy atom. The van der Waals surface area contributed by atoms with Gasteiger partial charge in [-0.05, 0) is 56.6 Å². The third-order valence-electron chi connectivity index (χ3n) is 9.27. The van der Waals surface area contributed by atoms with Gasteiger partial charge in [0.2, 0.25) is 5.78 Å². The van der Waals surface area contributed by atoms with Gasteiger partial charge in [0.1, 0.15) is 11.7 Å². The molecule has 3 saturated carbocycles. The van der Waals surface area contributed by atoms with Crippen LogP contribution in [0.4, 0.5) is 0 Å². The van der Waals surface area contributed by atoms with Crippen molar-refractivity contribution in [3.05, 3.63) is 23.8 Å². The topological polar surface area (TPSA) is 120 Å². The van der Waals surface area contributed by atoms with Crippen LogP contribution < -0.4 is 0 Å². The second-order valence-corrected chi connectivity index (χ2v) is 10.7. The van der Waals surface area contributed by atoms with Crippen molar-refractivity contribution in [1.82, 2.24) is 0 Å². The van der Waals surface area contributed by atoms with Crippen molar-refractivity contribution in [3.8, 4) is 0 Å². The molecule has 5 rings (SSSR count). The average molecular weight is 459 g/mol. The Labute approximate surface area is 192 Å². The van der Waals surface area contributed by atoms with Crippen LogP contribution >= 0.6 is 0 Å². The molecule has 5 aliphatic rings. The van der Waals surface area contributed by atoms with Crippen molar-refractivity contribution in [1.29, 1.82) is 0 Å². The van der Waals surface area contributed by atoms with E-state index in [1.165, 1.54) is 13.8 Å². The SMILES string of the molecule is CC(=O)OCC(=O)[C@@]1(O)[C@H](OC(C)=O)CC2C3CCC4=CC(=O)C=C[C@]4(C)[C@@]34O[C@@H]4C[C@@]21C. The Kier molecular flexibility index (Phi) is 4.67. The third kappa shape index (κ3) is 2.71. The van der Waals surface area contributed by atoms with Crippen LogP contribution in [0.5, 0.6) is 0 Å². The largest absolute Gasteiger partial charge is 0.459 e. The summed E-state index contributed by atoms with van der Waals surface area (Å²) in [4.78, 5) is 48.6. The maximum atomic E-state index is 13.3. The van der Waals surface area contributed by atoms with Gasteiger partial charge >= 0.3 is 11.9 Å². The highest BCUT2D eigenvalue weighted by Gasteiger charge is 2.83. The van der Waals surface area contributed by atoms with E-state index < -0.39 is 52.5 Å². The standard InChI is InChI=1S/C25H30O8/c1-13(26)31-12-19(29)24(30)20(32-14(2)27)10-18-17-6-5-15-9-16(28)7-8-22(15,3)25(17)21(33-25)11-23(18,24)4/h7-9,17-18,20-21,30H,5-6,10-12H2,1-4H3/t17?,18?,20-,21-,22+,23+,24-,25-/m1/s1. The zero-order chi connectivity index (χ0) is 24.0. The first kappa shape index (κ1) is 22.5. The van der Waals surface area contributed by atoms with Gasteiger partial charge in [0.25, 0.3) is 0 Å². The lowest BCUT2D eigenvalue weighted by atomic mass is 9.47. The molecule has 0 aromatic rings. The zero-order valence-electron chi connectivity index (χ0n) is 19.4. The van der Waals surface area contributed by atoms with E-state index in [0.29, 0.717) is 12.8 Å². The van der Waals surface area contributed by atoms with Crippen LogP contribution in [0.3, 0.4) is 0 Å². The van der Waals surface area contributed by atoms with Gasteiger partial charge in [-0.1, -0.05) is 18.6 Å². The van der Waals surface area contributed by atoms with Gasteiger partial charge < -0.3 is 19.3 Å². The maximum absolute atomic E-state index is 13.3. The van der Waals surface area contributed by atoms with E-state index >= 15 is 0 Å². The summed E-state index contributed by atoms with van der Waals surface area (Å²) >= 11 is 0. The number of rotatable bonds is 4. The van der Waals surface area contributed by atoms with Crippen molar-refractivity contribution in [3.63, 3.8) is 0 Å². The van der Waals surface area contributed by atoms with Crippen LogP contribution in [0.2, 0.25) is 0 Å². The Hall–Kier alpha value is -2.32. The van der Waals surface area contributed by atoms with E-state index in [-0.39, 0.29) is 23.7 Å². The molecule has 0 bridgehead atoms. The van der Waals surface area contributed by atoms with Gasteiger partial charge in [-0.15, -0.1) is 0 Å². The molecular weight excluding hydrogens is 428 g/mol. The van der Waals surface area contributed by atoms with Crippen LogP contribution in [-0.4, -0.2) is 58.6 Å². The third-order valence-corrected chi connectivity index (χ3v) is 9.27. The van der Waals surface area contributed by atoms with Gasteiger partial charge in [0.05, 0.1) is 6.10 Å². The number of ketones is 2. The number of hydrogen-bond donors (Lipinski definition) is 1. The van der Waals surface area contributed by atoms with E-state index in [0.717, 1.165) is 18.4 Å². The number of epoxide rings is 1. The lowest BCUT2D eigenvalue weighted by Gasteiger charge is -2.55. The van der Waals surface area contributed by atoms with Crippen LogP contribution in [0.25, 0.3) is 0 Å². The molecule has 33 heavy (non-hydrogen) atoms. The Balaban J connectivity index is 1.55. The van der Waals surface area contributed by atoms with Gasteiger partial charge in [-0.2, -0.15) is 0 Å². The lowest BCUT2D eigenvalue weighted by molar-refractivity contribution is -0.187. The molecule has 1 N–H and O–H groups in total. The second kappa shape index (κ2) is 6.85. The Morgan fingerprint density at radius 3 is 2.58 bits per heavy atom. The number of carbonyl (C=O) groups is 4. The number of ether oxygens (including phenoxy) is 3. The molecule has 0 aromatic heterocycles. The number of hydrogen-bond acceptors (Lipinski definition) is 8. The molecule has 2 unspecified atom stereocenters. The molecule has 1 saturated heterocycles. The van der Waals surface area contributed by atoms with E-state index in [1.54, 1.807) is 12.2 Å². The van der Waals surface area contributed by atoms with Gasteiger partial charge in [-0.25, -0.2) is 0 Å². The number of esters is 2. The fourth-order valence-electron chi connectivity index (χ4n) is 7.75. The molecule has 1 spiro atoms. The van der Waals surface area contributed by atoms with Crippen molar-refractivity contribution in [2.45, 2.75) is 76.8 Å². The fourth-order valence-corrected chi connectivity index (χ4v) is 7.75. The molecule has 4 aliphatic carbocycles. The minimum absolute atomic E-state index is 0.00913. The van der Waals surface area contributed by atoms with E-state index in [1.807, 2.05) is 13.0 Å². The van der Waals surface area contributed by atoms with E-state index in [4.69, 9.17) is 14.2 Å². The first-order chi connectivity index (χ1) is 15.4. The maximum Gasteiger partial charge on any atom is 0.303 e. The molecule has 0 aromatic carbocycles. The highest BCUT2D eigenvalue weighted by molar-refractivity contribution is 6.01. The summed E-state index contributed by atoms with van der Waals surface area (Å²) in [5, 5.41) is 11.9. The quantitative estimate of drug-likeness (QED) is 0.501. The van der Waals surface area contributed by atoms with Crippen LogP contribution in [0.1, 0.15) is 53.4 Å². The Morgan fingerprint density at radius 2 is 1.91 bits per heavy atom. The second-order valence-electron chi connectivity index (χ2n) is 10.7. The van der Waals surface area contributed by atoms with Crippen LogP contribution in [-0.2, 0) is 33.4 Å². The number of aliphatic hydroxyl groups is 1. The summed E-state index contributed by atoms with van der Waals surface area (Å²) in [6.07, 6.45) is 6.22. The Bertz CT molecular complexity index is 1030. The predicted octanol–water partition coefficient (Wildman–Crippen LogP) is 1.83. The van der Waals surface area contributed by atoms with Crippen molar-refractivity contribution >= 4 is 23.5 Å². The number of Topliss-reactive ketones (excluding diaryl/α,β-unsaturated/α-hetero) is 1.